The van der Waals surface area contributed by atoms with E-state index < -0.39 is 0 Å². The third-order valence-electron chi connectivity index (χ3n) is 2.98. The fourth-order valence-corrected chi connectivity index (χ4v) is 2.41. The lowest BCUT2D eigenvalue weighted by molar-refractivity contribution is 0.555. The molecule has 3 heteroatoms. The van der Waals surface area contributed by atoms with Crippen molar-refractivity contribution in [2.45, 2.75) is 6.92 Å². The summed E-state index contributed by atoms with van der Waals surface area (Å²) in [7, 11) is 0. The van der Waals surface area contributed by atoms with Crippen LogP contribution in [0, 0.1) is 6.92 Å². The van der Waals surface area contributed by atoms with Gasteiger partial charge in [-0.1, -0.05) is 30.3 Å². The van der Waals surface area contributed by atoms with E-state index in [0.29, 0.717) is 10.1 Å². The molecule has 3 rings (SSSR count). The standard InChI is InChI=1S/C14H9BrO2/c1-8-12-10-5-3-2-4-9(10)6-7-11(12)17-14(16)13(8)15/h2-7H,1H3. The van der Waals surface area contributed by atoms with Crippen molar-refractivity contribution >= 4 is 37.7 Å². The van der Waals surface area contributed by atoms with Crippen molar-refractivity contribution in [1.82, 2.24) is 0 Å². The van der Waals surface area contributed by atoms with Crippen LogP contribution in [-0.2, 0) is 0 Å². The van der Waals surface area contributed by atoms with E-state index in [2.05, 4.69) is 15.9 Å². The fraction of sp³-hybridized carbons (Fsp3) is 0.0714. The fourth-order valence-electron chi connectivity index (χ4n) is 2.13. The van der Waals surface area contributed by atoms with Crippen LogP contribution in [0.5, 0.6) is 0 Å². The molecule has 0 amide bonds. The molecule has 0 bridgehead atoms. The zero-order chi connectivity index (χ0) is 12.0. The zero-order valence-corrected chi connectivity index (χ0v) is 10.7. The maximum absolute atomic E-state index is 11.6. The van der Waals surface area contributed by atoms with Gasteiger partial charge < -0.3 is 4.42 Å². The Morgan fingerprint density at radius 1 is 1.12 bits per heavy atom. The Labute approximate surface area is 106 Å². The maximum Gasteiger partial charge on any atom is 0.350 e. The molecule has 0 aliphatic heterocycles. The van der Waals surface area contributed by atoms with Gasteiger partial charge in [0.05, 0.1) is 0 Å². The molecule has 1 aromatic heterocycles. The van der Waals surface area contributed by atoms with Gasteiger partial charge in [0, 0.05) is 5.39 Å². The highest BCUT2D eigenvalue weighted by Gasteiger charge is 2.10. The highest BCUT2D eigenvalue weighted by atomic mass is 79.9. The molecule has 17 heavy (non-hydrogen) atoms. The molecule has 0 atom stereocenters. The first-order chi connectivity index (χ1) is 8.18. The molecule has 0 saturated heterocycles. The van der Waals surface area contributed by atoms with E-state index in [1.165, 1.54) is 0 Å². The number of rotatable bonds is 0. The molecular weight excluding hydrogens is 280 g/mol. The average molecular weight is 289 g/mol. The molecule has 0 radical (unpaired) electrons. The average Bonchev–Trinajstić information content (AvgIpc) is 2.35. The van der Waals surface area contributed by atoms with Gasteiger partial charge in [-0.05, 0) is 45.3 Å². The molecule has 0 aliphatic rings. The predicted molar refractivity (Wildman–Crippen MR) is 72.4 cm³/mol. The Balaban J connectivity index is 2.67. The number of aryl methyl sites for hydroxylation is 1. The molecule has 84 valence electrons. The van der Waals surface area contributed by atoms with Crippen molar-refractivity contribution in [3.05, 3.63) is 56.9 Å². The van der Waals surface area contributed by atoms with Crippen molar-refractivity contribution in [2.24, 2.45) is 0 Å². The van der Waals surface area contributed by atoms with E-state index in [0.717, 1.165) is 21.7 Å². The molecule has 1 heterocycles. The third kappa shape index (κ3) is 1.50. The van der Waals surface area contributed by atoms with Crippen molar-refractivity contribution in [1.29, 1.82) is 0 Å². The largest absolute Gasteiger partial charge is 0.422 e. The topological polar surface area (TPSA) is 30.2 Å². The van der Waals surface area contributed by atoms with Crippen molar-refractivity contribution in [3.63, 3.8) is 0 Å². The van der Waals surface area contributed by atoms with Crippen molar-refractivity contribution < 1.29 is 4.42 Å². The summed E-state index contributed by atoms with van der Waals surface area (Å²) >= 11 is 3.28. The molecule has 0 unspecified atom stereocenters. The summed E-state index contributed by atoms with van der Waals surface area (Å²) < 4.78 is 5.78. The smallest absolute Gasteiger partial charge is 0.350 e. The minimum atomic E-state index is -0.328. The highest BCUT2D eigenvalue weighted by molar-refractivity contribution is 9.10. The number of hydrogen-bond acceptors (Lipinski definition) is 2. The van der Waals surface area contributed by atoms with E-state index in [1.807, 2.05) is 43.3 Å². The van der Waals surface area contributed by atoms with Crippen molar-refractivity contribution in [3.8, 4) is 0 Å². The first-order valence-electron chi connectivity index (χ1n) is 5.29. The minimum Gasteiger partial charge on any atom is -0.422 e. The maximum atomic E-state index is 11.6. The van der Waals surface area contributed by atoms with Crippen molar-refractivity contribution in [2.75, 3.05) is 0 Å². The van der Waals surface area contributed by atoms with Gasteiger partial charge >= 0.3 is 5.63 Å². The monoisotopic (exact) mass is 288 g/mol. The quantitative estimate of drug-likeness (QED) is 0.462. The second kappa shape index (κ2) is 3.70. The summed E-state index contributed by atoms with van der Waals surface area (Å²) in [5, 5.41) is 3.24. The van der Waals surface area contributed by atoms with E-state index in [9.17, 15) is 4.79 Å². The van der Waals surface area contributed by atoms with Crippen LogP contribution in [0.1, 0.15) is 5.56 Å². The first-order valence-corrected chi connectivity index (χ1v) is 6.08. The second-order valence-corrected chi connectivity index (χ2v) is 4.78. The van der Waals surface area contributed by atoms with Gasteiger partial charge in [0.1, 0.15) is 10.1 Å². The summed E-state index contributed by atoms with van der Waals surface area (Å²) in [5.74, 6) is 0. The molecule has 0 spiro atoms. The molecule has 2 aromatic carbocycles. The summed E-state index contributed by atoms with van der Waals surface area (Å²) in [4.78, 5) is 11.6. The van der Waals surface area contributed by atoms with E-state index in [-0.39, 0.29) is 5.63 Å². The lowest BCUT2D eigenvalue weighted by atomic mass is 10.0. The van der Waals surface area contributed by atoms with Crippen LogP contribution >= 0.6 is 15.9 Å². The Morgan fingerprint density at radius 2 is 1.88 bits per heavy atom. The van der Waals surface area contributed by atoms with Gasteiger partial charge in [-0.2, -0.15) is 0 Å². The molecule has 0 aliphatic carbocycles. The number of benzene rings is 2. The van der Waals surface area contributed by atoms with Gasteiger partial charge in [0.2, 0.25) is 0 Å². The number of halogens is 1. The van der Waals surface area contributed by atoms with Gasteiger partial charge in [-0.3, -0.25) is 0 Å². The Morgan fingerprint density at radius 3 is 2.71 bits per heavy atom. The number of fused-ring (bicyclic) bond motifs is 3. The summed E-state index contributed by atoms with van der Waals surface area (Å²) in [6.07, 6.45) is 0. The Kier molecular flexibility index (Phi) is 2.30. The van der Waals surface area contributed by atoms with Crippen LogP contribution in [-0.4, -0.2) is 0 Å². The first kappa shape index (κ1) is 10.5. The third-order valence-corrected chi connectivity index (χ3v) is 3.90. The predicted octanol–water partition coefficient (Wildman–Crippen LogP) is 4.02. The lowest BCUT2D eigenvalue weighted by Gasteiger charge is -2.06. The van der Waals surface area contributed by atoms with Gasteiger partial charge in [-0.25, -0.2) is 4.79 Å². The van der Waals surface area contributed by atoms with E-state index in [1.54, 1.807) is 0 Å². The van der Waals surface area contributed by atoms with Crippen LogP contribution in [0.4, 0.5) is 0 Å². The summed E-state index contributed by atoms with van der Waals surface area (Å²) in [5.41, 5.74) is 1.23. The van der Waals surface area contributed by atoms with Crippen LogP contribution in [0.25, 0.3) is 21.7 Å². The SMILES string of the molecule is Cc1c(Br)c(=O)oc2ccc3ccccc3c12. The van der Waals surface area contributed by atoms with E-state index >= 15 is 0 Å². The molecule has 3 aromatic rings. The molecular formula is C14H9BrO2. The lowest BCUT2D eigenvalue weighted by Crippen LogP contribution is -2.02. The van der Waals surface area contributed by atoms with Crippen LogP contribution in [0.15, 0.2) is 50.1 Å². The number of hydrogen-bond donors (Lipinski definition) is 0. The normalized spacial score (nSPS) is 11.2. The van der Waals surface area contributed by atoms with Gasteiger partial charge in [-0.15, -0.1) is 0 Å². The van der Waals surface area contributed by atoms with Gasteiger partial charge in [0.25, 0.3) is 0 Å². The Bertz CT molecular complexity index is 787. The van der Waals surface area contributed by atoms with E-state index in [4.69, 9.17) is 4.42 Å². The minimum absolute atomic E-state index is 0.328. The zero-order valence-electron chi connectivity index (χ0n) is 9.16. The van der Waals surface area contributed by atoms with Gasteiger partial charge in [0.15, 0.2) is 0 Å². The molecule has 2 nitrogen and oxygen atoms in total. The Hall–Kier alpha value is -1.61. The van der Waals surface area contributed by atoms with Crippen LogP contribution < -0.4 is 5.63 Å². The highest BCUT2D eigenvalue weighted by Crippen LogP contribution is 2.29. The summed E-state index contributed by atoms with van der Waals surface area (Å²) in [6.45, 7) is 1.93. The second-order valence-electron chi connectivity index (χ2n) is 3.99. The summed E-state index contributed by atoms with van der Waals surface area (Å²) in [6, 6.07) is 11.9. The van der Waals surface area contributed by atoms with Crippen LogP contribution in [0.3, 0.4) is 0 Å². The molecule has 0 saturated carbocycles. The molecule has 0 N–H and O–H groups in total. The van der Waals surface area contributed by atoms with Crippen LogP contribution in [0.2, 0.25) is 0 Å². The molecule has 0 fully saturated rings.